The normalized spacial score (nSPS) is 16.5. The monoisotopic (exact) mass is 343 g/mol. The Hall–Kier alpha value is -2.86. The third-order valence-electron chi connectivity index (χ3n) is 3.59. The Kier molecular flexibility index (Phi) is 4.48. The largest absolute Gasteiger partial charge is 0.340 e. The minimum atomic E-state index is -0.965. The Morgan fingerprint density at radius 1 is 1.08 bits per heavy atom. The molecule has 3 rings (SSSR count). The maximum atomic E-state index is 12.2. The van der Waals surface area contributed by atoms with E-state index in [0.717, 1.165) is 0 Å². The van der Waals surface area contributed by atoms with E-state index in [1.165, 1.54) is 0 Å². The highest BCUT2D eigenvalue weighted by atomic mass is 35.5. The zero-order valence-corrected chi connectivity index (χ0v) is 13.3. The summed E-state index contributed by atoms with van der Waals surface area (Å²) in [5, 5.41) is 8.25. The van der Waals surface area contributed by atoms with Crippen molar-refractivity contribution in [3.63, 3.8) is 0 Å². The molecule has 0 bridgehead atoms. The third kappa shape index (κ3) is 3.38. The second-order valence-corrected chi connectivity index (χ2v) is 5.70. The Morgan fingerprint density at radius 3 is 2.58 bits per heavy atom. The van der Waals surface area contributed by atoms with Gasteiger partial charge in [0.2, 0.25) is 11.8 Å². The van der Waals surface area contributed by atoms with Crippen molar-refractivity contribution in [2.45, 2.75) is 12.5 Å². The van der Waals surface area contributed by atoms with Gasteiger partial charge in [0.15, 0.2) is 0 Å². The molecule has 0 unspecified atom stereocenters. The molecule has 0 aromatic heterocycles. The van der Waals surface area contributed by atoms with Crippen LogP contribution >= 0.6 is 11.6 Å². The van der Waals surface area contributed by atoms with Crippen LogP contribution in [0.2, 0.25) is 5.02 Å². The predicted molar refractivity (Wildman–Crippen MR) is 91.0 cm³/mol. The number of carbonyl (C=O) groups is 3. The standard InChI is InChI=1S/C17H14ClN3O3/c18-11-6-2-4-8-13(11)19-15(22)9-14-17(24)20-12-7-3-1-5-10(12)16(23)21-14/h1-8,14H,9H2,(H,19,22)(H,20,24)(H,21,23)/t14-/m0/s1. The Morgan fingerprint density at radius 2 is 1.79 bits per heavy atom. The van der Waals surface area contributed by atoms with Crippen molar-refractivity contribution in [1.29, 1.82) is 0 Å². The van der Waals surface area contributed by atoms with Gasteiger partial charge in [-0.05, 0) is 24.3 Å². The van der Waals surface area contributed by atoms with Crippen LogP contribution in [-0.2, 0) is 9.59 Å². The lowest BCUT2D eigenvalue weighted by Gasteiger charge is -2.14. The highest BCUT2D eigenvalue weighted by Crippen LogP contribution is 2.22. The average molecular weight is 344 g/mol. The maximum Gasteiger partial charge on any atom is 0.254 e. The summed E-state index contributed by atoms with van der Waals surface area (Å²) in [6.07, 6.45) is -0.198. The number of carbonyl (C=O) groups excluding carboxylic acids is 3. The molecule has 7 heteroatoms. The van der Waals surface area contributed by atoms with E-state index in [1.807, 2.05) is 0 Å². The van der Waals surface area contributed by atoms with E-state index >= 15 is 0 Å². The van der Waals surface area contributed by atoms with Crippen molar-refractivity contribution in [2.24, 2.45) is 0 Å². The highest BCUT2D eigenvalue weighted by Gasteiger charge is 2.29. The fourth-order valence-corrected chi connectivity index (χ4v) is 2.59. The van der Waals surface area contributed by atoms with E-state index in [1.54, 1.807) is 48.5 Å². The molecule has 3 N–H and O–H groups in total. The summed E-state index contributed by atoms with van der Waals surface area (Å²) in [6.45, 7) is 0. The number of rotatable bonds is 3. The minimum Gasteiger partial charge on any atom is -0.340 e. The van der Waals surface area contributed by atoms with E-state index in [0.29, 0.717) is 22.0 Å². The molecule has 0 fully saturated rings. The van der Waals surface area contributed by atoms with Gasteiger partial charge in [0, 0.05) is 0 Å². The average Bonchev–Trinajstić information content (AvgIpc) is 2.67. The minimum absolute atomic E-state index is 0.198. The molecule has 122 valence electrons. The van der Waals surface area contributed by atoms with Crippen LogP contribution in [0.3, 0.4) is 0 Å². The lowest BCUT2D eigenvalue weighted by atomic mass is 10.1. The van der Waals surface area contributed by atoms with Gasteiger partial charge < -0.3 is 16.0 Å². The number of fused-ring (bicyclic) bond motifs is 1. The molecule has 2 aromatic rings. The van der Waals surface area contributed by atoms with Gasteiger partial charge in [-0.1, -0.05) is 35.9 Å². The van der Waals surface area contributed by atoms with Crippen molar-refractivity contribution in [3.05, 3.63) is 59.1 Å². The summed E-state index contributed by atoms with van der Waals surface area (Å²) in [6, 6.07) is 12.5. The summed E-state index contributed by atoms with van der Waals surface area (Å²) in [7, 11) is 0. The van der Waals surface area contributed by atoms with E-state index in [4.69, 9.17) is 11.6 Å². The summed E-state index contributed by atoms with van der Waals surface area (Å²) < 4.78 is 0. The van der Waals surface area contributed by atoms with Gasteiger partial charge in [0.1, 0.15) is 6.04 Å². The Balaban J connectivity index is 1.72. The molecule has 6 nitrogen and oxygen atoms in total. The zero-order valence-electron chi connectivity index (χ0n) is 12.5. The van der Waals surface area contributed by atoms with E-state index < -0.39 is 23.8 Å². The van der Waals surface area contributed by atoms with E-state index in [2.05, 4.69) is 16.0 Å². The third-order valence-corrected chi connectivity index (χ3v) is 3.92. The van der Waals surface area contributed by atoms with Crippen molar-refractivity contribution >= 4 is 40.7 Å². The summed E-state index contributed by atoms with van der Waals surface area (Å²) in [5.41, 5.74) is 1.24. The zero-order chi connectivity index (χ0) is 17.1. The number of amides is 3. The predicted octanol–water partition coefficient (Wildman–Crippen LogP) is 2.42. The van der Waals surface area contributed by atoms with Gasteiger partial charge in [-0.15, -0.1) is 0 Å². The fraction of sp³-hybridized carbons (Fsp3) is 0.118. The smallest absolute Gasteiger partial charge is 0.254 e. The van der Waals surface area contributed by atoms with E-state index in [-0.39, 0.29) is 6.42 Å². The van der Waals surface area contributed by atoms with Crippen LogP contribution in [0, 0.1) is 0 Å². The summed E-state index contributed by atoms with van der Waals surface area (Å²) in [5.74, 6) is -1.27. The lowest BCUT2D eigenvalue weighted by molar-refractivity contribution is -0.122. The molecule has 3 amide bonds. The summed E-state index contributed by atoms with van der Waals surface area (Å²) in [4.78, 5) is 36.6. The number of nitrogens with one attached hydrogen (secondary N) is 3. The molecule has 0 saturated carbocycles. The molecule has 1 heterocycles. The maximum absolute atomic E-state index is 12.2. The molecule has 0 radical (unpaired) electrons. The van der Waals surface area contributed by atoms with Crippen LogP contribution in [-0.4, -0.2) is 23.8 Å². The number of halogens is 1. The van der Waals surface area contributed by atoms with Crippen LogP contribution < -0.4 is 16.0 Å². The van der Waals surface area contributed by atoms with Crippen molar-refractivity contribution < 1.29 is 14.4 Å². The summed E-state index contributed by atoms with van der Waals surface area (Å²) >= 11 is 5.99. The van der Waals surface area contributed by atoms with Gasteiger partial charge in [-0.25, -0.2) is 0 Å². The molecule has 1 aliphatic heterocycles. The van der Waals surface area contributed by atoms with E-state index in [9.17, 15) is 14.4 Å². The SMILES string of the molecule is O=C(C[C@@H]1NC(=O)c2ccccc2NC1=O)Nc1ccccc1Cl. The second kappa shape index (κ2) is 6.72. The van der Waals surface area contributed by atoms with Gasteiger partial charge in [-0.2, -0.15) is 0 Å². The molecule has 0 spiro atoms. The molecule has 1 aliphatic rings. The highest BCUT2D eigenvalue weighted by molar-refractivity contribution is 6.33. The molecule has 0 aliphatic carbocycles. The molecule has 2 aromatic carbocycles. The van der Waals surface area contributed by atoms with Crippen LogP contribution in [0.25, 0.3) is 0 Å². The van der Waals surface area contributed by atoms with Gasteiger partial charge >= 0.3 is 0 Å². The number of hydrogen-bond acceptors (Lipinski definition) is 3. The van der Waals surface area contributed by atoms with Gasteiger partial charge in [0.25, 0.3) is 5.91 Å². The first-order valence-corrected chi connectivity index (χ1v) is 7.67. The topological polar surface area (TPSA) is 87.3 Å². The van der Waals surface area contributed by atoms with Crippen LogP contribution in [0.5, 0.6) is 0 Å². The van der Waals surface area contributed by atoms with Crippen molar-refractivity contribution in [1.82, 2.24) is 5.32 Å². The molecule has 0 saturated heterocycles. The van der Waals surface area contributed by atoms with Gasteiger partial charge in [0.05, 0.1) is 28.4 Å². The van der Waals surface area contributed by atoms with Gasteiger partial charge in [-0.3, -0.25) is 14.4 Å². The van der Waals surface area contributed by atoms with Crippen LogP contribution in [0.4, 0.5) is 11.4 Å². The van der Waals surface area contributed by atoms with Crippen LogP contribution in [0.15, 0.2) is 48.5 Å². The quantitative estimate of drug-likeness (QED) is 0.799. The van der Waals surface area contributed by atoms with Crippen molar-refractivity contribution in [3.8, 4) is 0 Å². The molecular weight excluding hydrogens is 330 g/mol. The number of hydrogen-bond donors (Lipinski definition) is 3. The molecular formula is C17H14ClN3O3. The number of para-hydroxylation sites is 2. The lowest BCUT2D eigenvalue weighted by Crippen LogP contribution is -2.43. The Bertz CT molecular complexity index is 822. The molecule has 1 atom stereocenters. The molecule has 24 heavy (non-hydrogen) atoms. The van der Waals surface area contributed by atoms with Crippen LogP contribution in [0.1, 0.15) is 16.8 Å². The fourth-order valence-electron chi connectivity index (χ4n) is 2.40. The van der Waals surface area contributed by atoms with Crippen molar-refractivity contribution in [2.75, 3.05) is 10.6 Å². The Labute approximate surface area is 143 Å². The number of benzene rings is 2. The first-order valence-electron chi connectivity index (χ1n) is 7.30. The second-order valence-electron chi connectivity index (χ2n) is 5.29. The first-order chi connectivity index (χ1) is 11.5. The first kappa shape index (κ1) is 16.0. The number of anilines is 2.